The standard InChI is InChI=1S/C13H15NO2/c14-11-8-13(15,12-6-3-7-16-12)10-5-2-1-4-9(10)11/h1-2,4-6,11,15H,3,7-8,14H2. The lowest BCUT2D eigenvalue weighted by Gasteiger charge is -2.25. The van der Waals surface area contributed by atoms with Gasteiger partial charge in [0.2, 0.25) is 0 Å². The van der Waals surface area contributed by atoms with Crippen molar-refractivity contribution in [1.29, 1.82) is 0 Å². The molecule has 16 heavy (non-hydrogen) atoms. The predicted octanol–water partition coefficient (Wildman–Crippen LogP) is 1.58. The lowest BCUT2D eigenvalue weighted by atomic mass is 9.93. The zero-order chi connectivity index (χ0) is 11.2. The van der Waals surface area contributed by atoms with Gasteiger partial charge in [-0.3, -0.25) is 0 Å². The molecule has 0 saturated heterocycles. The van der Waals surface area contributed by atoms with Crippen LogP contribution in [0.5, 0.6) is 0 Å². The second kappa shape index (κ2) is 3.34. The van der Waals surface area contributed by atoms with Gasteiger partial charge >= 0.3 is 0 Å². The topological polar surface area (TPSA) is 55.5 Å². The van der Waals surface area contributed by atoms with E-state index >= 15 is 0 Å². The minimum Gasteiger partial charge on any atom is -0.494 e. The van der Waals surface area contributed by atoms with E-state index in [-0.39, 0.29) is 6.04 Å². The highest BCUT2D eigenvalue weighted by atomic mass is 16.5. The van der Waals surface area contributed by atoms with Crippen molar-refractivity contribution in [2.75, 3.05) is 6.61 Å². The Morgan fingerprint density at radius 2 is 2.19 bits per heavy atom. The fraction of sp³-hybridized carbons (Fsp3) is 0.385. The Morgan fingerprint density at radius 1 is 1.38 bits per heavy atom. The molecule has 2 atom stereocenters. The highest BCUT2D eigenvalue weighted by Crippen LogP contribution is 2.47. The van der Waals surface area contributed by atoms with E-state index in [2.05, 4.69) is 0 Å². The van der Waals surface area contributed by atoms with Crippen LogP contribution in [0, 0.1) is 0 Å². The van der Waals surface area contributed by atoms with Crippen molar-refractivity contribution in [3.63, 3.8) is 0 Å². The van der Waals surface area contributed by atoms with Crippen molar-refractivity contribution in [1.82, 2.24) is 0 Å². The van der Waals surface area contributed by atoms with Gasteiger partial charge in [0.15, 0.2) is 0 Å². The second-order valence-electron chi connectivity index (χ2n) is 4.46. The second-order valence-corrected chi connectivity index (χ2v) is 4.46. The molecule has 2 aliphatic rings. The number of nitrogens with two attached hydrogens (primary N) is 1. The van der Waals surface area contributed by atoms with E-state index in [9.17, 15) is 5.11 Å². The minimum absolute atomic E-state index is 0.105. The van der Waals surface area contributed by atoms with Crippen molar-refractivity contribution in [2.24, 2.45) is 5.73 Å². The fourth-order valence-electron chi connectivity index (χ4n) is 2.67. The van der Waals surface area contributed by atoms with E-state index in [0.717, 1.165) is 17.5 Å². The van der Waals surface area contributed by atoms with E-state index in [0.29, 0.717) is 18.8 Å². The van der Waals surface area contributed by atoms with Crippen molar-refractivity contribution in [2.45, 2.75) is 24.5 Å². The lowest BCUT2D eigenvalue weighted by Crippen LogP contribution is -2.26. The molecule has 0 bridgehead atoms. The van der Waals surface area contributed by atoms with Gasteiger partial charge < -0.3 is 15.6 Å². The van der Waals surface area contributed by atoms with Crippen LogP contribution >= 0.6 is 0 Å². The quantitative estimate of drug-likeness (QED) is 0.751. The van der Waals surface area contributed by atoms with E-state index in [1.165, 1.54) is 0 Å². The van der Waals surface area contributed by atoms with Gasteiger partial charge in [0, 0.05) is 18.9 Å². The van der Waals surface area contributed by atoms with E-state index in [1.54, 1.807) is 0 Å². The van der Waals surface area contributed by atoms with Gasteiger partial charge in [-0.25, -0.2) is 0 Å². The summed E-state index contributed by atoms with van der Waals surface area (Å²) < 4.78 is 5.50. The Balaban J connectivity index is 2.11. The Kier molecular flexibility index (Phi) is 2.06. The fourth-order valence-corrected chi connectivity index (χ4v) is 2.67. The maximum absolute atomic E-state index is 10.7. The van der Waals surface area contributed by atoms with Gasteiger partial charge in [-0.05, 0) is 17.2 Å². The summed E-state index contributed by atoms with van der Waals surface area (Å²) in [6.07, 6.45) is 3.35. The zero-order valence-electron chi connectivity index (χ0n) is 9.02. The Hall–Kier alpha value is -1.32. The van der Waals surface area contributed by atoms with Crippen molar-refractivity contribution in [3.05, 3.63) is 47.2 Å². The maximum atomic E-state index is 10.7. The first kappa shape index (κ1) is 9.87. The number of ether oxygens (including phenoxy) is 1. The molecule has 0 radical (unpaired) electrons. The largest absolute Gasteiger partial charge is 0.494 e. The molecule has 1 aliphatic carbocycles. The summed E-state index contributed by atoms with van der Waals surface area (Å²) in [6.45, 7) is 0.662. The van der Waals surface area contributed by atoms with Crippen molar-refractivity contribution in [3.8, 4) is 0 Å². The summed E-state index contributed by atoms with van der Waals surface area (Å²) in [4.78, 5) is 0. The summed E-state index contributed by atoms with van der Waals surface area (Å²) in [5.41, 5.74) is 6.97. The Bertz CT molecular complexity index is 455. The monoisotopic (exact) mass is 217 g/mol. The van der Waals surface area contributed by atoms with Gasteiger partial charge in [-0.1, -0.05) is 24.3 Å². The molecule has 3 rings (SSSR count). The molecule has 1 heterocycles. The predicted molar refractivity (Wildman–Crippen MR) is 60.5 cm³/mol. The minimum atomic E-state index is -1.01. The first-order valence-corrected chi connectivity index (χ1v) is 5.62. The Labute approximate surface area is 94.5 Å². The molecule has 1 aromatic carbocycles. The van der Waals surface area contributed by atoms with Crippen LogP contribution in [0.25, 0.3) is 0 Å². The van der Waals surface area contributed by atoms with Crippen LogP contribution in [-0.2, 0) is 10.3 Å². The molecule has 1 aromatic rings. The molecule has 0 aromatic heterocycles. The average Bonchev–Trinajstić information content (AvgIpc) is 2.89. The molecule has 0 spiro atoms. The van der Waals surface area contributed by atoms with Crippen LogP contribution in [-0.4, -0.2) is 11.7 Å². The first-order valence-electron chi connectivity index (χ1n) is 5.62. The normalized spacial score (nSPS) is 32.1. The molecule has 3 nitrogen and oxygen atoms in total. The molecule has 1 aliphatic heterocycles. The van der Waals surface area contributed by atoms with Crippen molar-refractivity contribution >= 4 is 0 Å². The number of aliphatic hydroxyl groups is 1. The Morgan fingerprint density at radius 3 is 2.94 bits per heavy atom. The smallest absolute Gasteiger partial charge is 0.148 e. The van der Waals surface area contributed by atoms with E-state index in [4.69, 9.17) is 10.5 Å². The van der Waals surface area contributed by atoms with E-state index in [1.807, 2.05) is 30.3 Å². The van der Waals surface area contributed by atoms with Crippen LogP contribution in [0.15, 0.2) is 36.1 Å². The molecular weight excluding hydrogens is 202 g/mol. The zero-order valence-corrected chi connectivity index (χ0v) is 9.02. The van der Waals surface area contributed by atoms with Gasteiger partial charge in [0.05, 0.1) is 6.61 Å². The van der Waals surface area contributed by atoms with Gasteiger partial charge in [0.25, 0.3) is 0 Å². The molecule has 3 N–H and O–H groups in total. The molecule has 3 heteroatoms. The molecule has 84 valence electrons. The third-order valence-corrected chi connectivity index (χ3v) is 3.43. The van der Waals surface area contributed by atoms with Crippen LogP contribution < -0.4 is 5.73 Å². The van der Waals surface area contributed by atoms with Gasteiger partial charge in [-0.2, -0.15) is 0 Å². The average molecular weight is 217 g/mol. The molecule has 0 fully saturated rings. The SMILES string of the molecule is NC1CC(O)(C2=CCCO2)c2ccccc21. The third kappa shape index (κ3) is 1.22. The van der Waals surface area contributed by atoms with Crippen LogP contribution in [0.1, 0.15) is 30.0 Å². The number of rotatable bonds is 1. The summed E-state index contributed by atoms with van der Waals surface area (Å²) in [6, 6.07) is 7.69. The number of fused-ring (bicyclic) bond motifs is 1. The number of hydrogen-bond donors (Lipinski definition) is 2. The molecule has 2 unspecified atom stereocenters. The van der Waals surface area contributed by atoms with Gasteiger partial charge in [-0.15, -0.1) is 0 Å². The summed E-state index contributed by atoms with van der Waals surface area (Å²) in [5.74, 6) is 0.674. The van der Waals surface area contributed by atoms with Gasteiger partial charge in [0.1, 0.15) is 11.4 Å². The maximum Gasteiger partial charge on any atom is 0.148 e. The highest BCUT2D eigenvalue weighted by Gasteiger charge is 2.45. The summed E-state index contributed by atoms with van der Waals surface area (Å²) >= 11 is 0. The van der Waals surface area contributed by atoms with Crippen LogP contribution in [0.2, 0.25) is 0 Å². The third-order valence-electron chi connectivity index (χ3n) is 3.43. The van der Waals surface area contributed by atoms with Crippen LogP contribution in [0.4, 0.5) is 0 Å². The lowest BCUT2D eigenvalue weighted by molar-refractivity contribution is 0.0135. The molecular formula is C13H15NO2. The first-order chi connectivity index (χ1) is 7.72. The molecule has 0 saturated carbocycles. The highest BCUT2D eigenvalue weighted by molar-refractivity contribution is 5.44. The number of hydrogen-bond acceptors (Lipinski definition) is 3. The van der Waals surface area contributed by atoms with Crippen LogP contribution in [0.3, 0.4) is 0 Å². The summed E-state index contributed by atoms with van der Waals surface area (Å²) in [7, 11) is 0. The molecule has 0 amide bonds. The number of benzene rings is 1. The summed E-state index contributed by atoms with van der Waals surface area (Å²) in [5, 5.41) is 10.7. The van der Waals surface area contributed by atoms with E-state index < -0.39 is 5.60 Å². The van der Waals surface area contributed by atoms with Crippen molar-refractivity contribution < 1.29 is 9.84 Å².